The largest absolute Gasteiger partial charge is 0.353 e. The summed E-state index contributed by atoms with van der Waals surface area (Å²) in [5.41, 5.74) is 10.6. The summed E-state index contributed by atoms with van der Waals surface area (Å²) in [6.07, 6.45) is 1.62. The van der Waals surface area contributed by atoms with Gasteiger partial charge < -0.3 is 20.9 Å². The highest BCUT2D eigenvalue weighted by atomic mass is 16.7. The van der Waals surface area contributed by atoms with E-state index in [2.05, 4.69) is 0 Å². The van der Waals surface area contributed by atoms with Crippen LogP contribution in [0.2, 0.25) is 0 Å². The molecule has 0 aliphatic carbocycles. The zero-order valence-electron chi connectivity index (χ0n) is 7.79. The third-order valence-electron chi connectivity index (χ3n) is 1.40. The van der Waals surface area contributed by atoms with Gasteiger partial charge >= 0.3 is 0 Å². The topological polar surface area (TPSA) is 70.5 Å². The summed E-state index contributed by atoms with van der Waals surface area (Å²) in [6, 6.07) is 0. The Kier molecular flexibility index (Phi) is 8.81. The molecule has 0 amide bonds. The maximum atomic E-state index is 5.30. The SMILES string of the molecule is CC(OCCCN)OCCCN. The molecule has 0 rings (SSSR count). The van der Waals surface area contributed by atoms with Crippen molar-refractivity contribution in [2.45, 2.75) is 26.1 Å². The smallest absolute Gasteiger partial charge is 0.154 e. The van der Waals surface area contributed by atoms with Crippen molar-refractivity contribution in [1.29, 1.82) is 0 Å². The fourth-order valence-corrected chi connectivity index (χ4v) is 0.713. The van der Waals surface area contributed by atoms with Crippen molar-refractivity contribution in [2.24, 2.45) is 11.5 Å². The van der Waals surface area contributed by atoms with Crippen molar-refractivity contribution in [3.63, 3.8) is 0 Å². The summed E-state index contributed by atoms with van der Waals surface area (Å²) >= 11 is 0. The third-order valence-corrected chi connectivity index (χ3v) is 1.40. The van der Waals surface area contributed by atoms with Gasteiger partial charge in [0.15, 0.2) is 6.29 Å². The number of ether oxygens (including phenoxy) is 2. The van der Waals surface area contributed by atoms with Gasteiger partial charge in [-0.2, -0.15) is 0 Å². The van der Waals surface area contributed by atoms with Crippen LogP contribution in [0.5, 0.6) is 0 Å². The molecule has 0 bridgehead atoms. The van der Waals surface area contributed by atoms with Crippen molar-refractivity contribution in [2.75, 3.05) is 26.3 Å². The monoisotopic (exact) mass is 176 g/mol. The molecule has 0 radical (unpaired) electrons. The van der Waals surface area contributed by atoms with E-state index in [1.54, 1.807) is 0 Å². The first-order valence-electron chi connectivity index (χ1n) is 4.44. The lowest BCUT2D eigenvalue weighted by Crippen LogP contribution is -2.17. The molecule has 4 nitrogen and oxygen atoms in total. The van der Waals surface area contributed by atoms with Gasteiger partial charge in [0.2, 0.25) is 0 Å². The summed E-state index contributed by atoms with van der Waals surface area (Å²) < 4.78 is 10.6. The van der Waals surface area contributed by atoms with Crippen LogP contribution in [0, 0.1) is 0 Å². The van der Waals surface area contributed by atoms with Crippen LogP contribution < -0.4 is 11.5 Å². The minimum absolute atomic E-state index is 0.136. The van der Waals surface area contributed by atoms with Gasteiger partial charge in [0.1, 0.15) is 0 Å². The Labute approximate surface area is 74.2 Å². The Hall–Kier alpha value is -0.160. The van der Waals surface area contributed by atoms with Gasteiger partial charge in [-0.05, 0) is 32.9 Å². The van der Waals surface area contributed by atoms with E-state index in [-0.39, 0.29) is 6.29 Å². The van der Waals surface area contributed by atoms with E-state index in [4.69, 9.17) is 20.9 Å². The van der Waals surface area contributed by atoms with Crippen LogP contribution >= 0.6 is 0 Å². The molecule has 0 fully saturated rings. The van der Waals surface area contributed by atoms with Gasteiger partial charge in [-0.15, -0.1) is 0 Å². The van der Waals surface area contributed by atoms with Crippen LogP contribution in [0.1, 0.15) is 19.8 Å². The Balaban J connectivity index is 3.04. The van der Waals surface area contributed by atoms with Crippen molar-refractivity contribution >= 4 is 0 Å². The van der Waals surface area contributed by atoms with Gasteiger partial charge in [-0.3, -0.25) is 0 Å². The summed E-state index contributed by atoms with van der Waals surface area (Å²) in [5, 5.41) is 0. The van der Waals surface area contributed by atoms with Gasteiger partial charge in [0, 0.05) is 0 Å². The fraction of sp³-hybridized carbons (Fsp3) is 1.00. The second-order valence-corrected chi connectivity index (χ2v) is 2.59. The second kappa shape index (κ2) is 8.93. The van der Waals surface area contributed by atoms with Crippen LogP contribution in [0.4, 0.5) is 0 Å². The molecule has 0 saturated heterocycles. The molecule has 74 valence electrons. The number of hydrogen-bond acceptors (Lipinski definition) is 4. The summed E-state index contributed by atoms with van der Waals surface area (Å²) in [5.74, 6) is 0. The van der Waals surface area contributed by atoms with Gasteiger partial charge in [0.05, 0.1) is 13.2 Å². The van der Waals surface area contributed by atoms with Gasteiger partial charge in [0.25, 0.3) is 0 Å². The number of rotatable bonds is 8. The molecule has 0 aromatic heterocycles. The van der Waals surface area contributed by atoms with E-state index >= 15 is 0 Å². The van der Waals surface area contributed by atoms with Gasteiger partial charge in [-0.25, -0.2) is 0 Å². The predicted octanol–water partition coefficient (Wildman–Crippen LogP) is 0.0632. The molecule has 0 spiro atoms. The molecule has 12 heavy (non-hydrogen) atoms. The third kappa shape index (κ3) is 7.94. The van der Waals surface area contributed by atoms with Crippen molar-refractivity contribution < 1.29 is 9.47 Å². The maximum Gasteiger partial charge on any atom is 0.154 e. The Morgan fingerprint density at radius 1 is 1.00 bits per heavy atom. The minimum atomic E-state index is -0.136. The molecule has 4 N–H and O–H groups in total. The molecule has 0 heterocycles. The first-order valence-corrected chi connectivity index (χ1v) is 4.44. The molecular formula is C8H20N2O2. The van der Waals surface area contributed by atoms with E-state index in [9.17, 15) is 0 Å². The lowest BCUT2D eigenvalue weighted by molar-refractivity contribution is -0.130. The van der Waals surface area contributed by atoms with Gasteiger partial charge in [-0.1, -0.05) is 0 Å². The predicted molar refractivity (Wildman–Crippen MR) is 48.7 cm³/mol. The van der Waals surface area contributed by atoms with Crippen LogP contribution in [-0.2, 0) is 9.47 Å². The summed E-state index contributed by atoms with van der Waals surface area (Å²) in [7, 11) is 0. The van der Waals surface area contributed by atoms with E-state index in [1.165, 1.54) is 0 Å². The van der Waals surface area contributed by atoms with E-state index in [0.29, 0.717) is 26.3 Å². The van der Waals surface area contributed by atoms with Crippen LogP contribution in [0.15, 0.2) is 0 Å². The molecule has 0 aromatic rings. The lowest BCUT2D eigenvalue weighted by atomic mass is 10.4. The molecule has 4 heteroatoms. The normalized spacial score (nSPS) is 11.0. The Bertz CT molecular complexity index is 81.1. The Morgan fingerprint density at radius 3 is 1.75 bits per heavy atom. The highest BCUT2D eigenvalue weighted by molar-refractivity contribution is 4.39. The zero-order chi connectivity index (χ0) is 9.23. The summed E-state index contributed by atoms with van der Waals surface area (Å²) in [6.45, 7) is 4.54. The molecule has 0 aliphatic heterocycles. The lowest BCUT2D eigenvalue weighted by Gasteiger charge is -2.13. The second-order valence-electron chi connectivity index (χ2n) is 2.59. The zero-order valence-corrected chi connectivity index (χ0v) is 7.79. The average Bonchev–Trinajstić information content (AvgIpc) is 2.06. The first-order chi connectivity index (χ1) is 5.81. The molecule has 0 atom stereocenters. The highest BCUT2D eigenvalue weighted by Gasteiger charge is 1.99. The first kappa shape index (κ1) is 11.8. The standard InChI is InChI=1S/C8H20N2O2/c1-8(11-6-2-4-9)12-7-3-5-10/h8H,2-7,9-10H2,1H3. The molecule has 0 aliphatic rings. The van der Waals surface area contributed by atoms with Crippen LogP contribution in [0.25, 0.3) is 0 Å². The Morgan fingerprint density at radius 2 is 1.42 bits per heavy atom. The molecule has 0 saturated carbocycles. The quantitative estimate of drug-likeness (QED) is 0.405. The van der Waals surface area contributed by atoms with Crippen molar-refractivity contribution in [3.05, 3.63) is 0 Å². The number of hydrogen-bond donors (Lipinski definition) is 2. The fourth-order valence-electron chi connectivity index (χ4n) is 0.713. The molecule has 0 aromatic carbocycles. The number of nitrogens with two attached hydrogens (primary N) is 2. The average molecular weight is 176 g/mol. The van der Waals surface area contributed by atoms with Crippen LogP contribution in [0.3, 0.4) is 0 Å². The molecule has 0 unspecified atom stereocenters. The van der Waals surface area contributed by atoms with Crippen molar-refractivity contribution in [1.82, 2.24) is 0 Å². The van der Waals surface area contributed by atoms with E-state index < -0.39 is 0 Å². The van der Waals surface area contributed by atoms with E-state index in [1.807, 2.05) is 6.92 Å². The molecular weight excluding hydrogens is 156 g/mol. The summed E-state index contributed by atoms with van der Waals surface area (Å²) in [4.78, 5) is 0. The van der Waals surface area contributed by atoms with Crippen LogP contribution in [-0.4, -0.2) is 32.6 Å². The minimum Gasteiger partial charge on any atom is -0.353 e. The van der Waals surface area contributed by atoms with E-state index in [0.717, 1.165) is 12.8 Å². The van der Waals surface area contributed by atoms with Crippen molar-refractivity contribution in [3.8, 4) is 0 Å². The maximum absolute atomic E-state index is 5.30. The highest BCUT2D eigenvalue weighted by Crippen LogP contribution is 1.95.